The Labute approximate surface area is 83.7 Å². The summed E-state index contributed by atoms with van der Waals surface area (Å²) in [7, 11) is 1.76. The largest absolute Gasteiger partial charge is 0.324 e. The SMILES string of the molecule is CNC(C)(C)C(=O)Nc1ccncc1. The fraction of sp³-hybridized carbons (Fsp3) is 0.400. The third kappa shape index (κ3) is 2.53. The molecule has 1 amide bonds. The predicted octanol–water partition coefficient (Wildman–Crippen LogP) is 1.02. The van der Waals surface area contributed by atoms with Gasteiger partial charge in [-0.3, -0.25) is 9.78 Å². The smallest absolute Gasteiger partial charge is 0.244 e. The molecule has 0 radical (unpaired) electrons. The topological polar surface area (TPSA) is 54.0 Å². The van der Waals surface area contributed by atoms with Crippen molar-refractivity contribution in [2.24, 2.45) is 0 Å². The molecule has 1 aromatic heterocycles. The Morgan fingerprint density at radius 1 is 1.36 bits per heavy atom. The summed E-state index contributed by atoms with van der Waals surface area (Å²) < 4.78 is 0. The van der Waals surface area contributed by atoms with Crippen molar-refractivity contribution in [2.45, 2.75) is 19.4 Å². The van der Waals surface area contributed by atoms with Crippen LogP contribution in [0.1, 0.15) is 13.8 Å². The molecule has 4 heteroatoms. The van der Waals surface area contributed by atoms with E-state index in [0.29, 0.717) is 0 Å². The highest BCUT2D eigenvalue weighted by Crippen LogP contribution is 2.08. The van der Waals surface area contributed by atoms with Crippen LogP contribution in [0.3, 0.4) is 0 Å². The molecular weight excluding hydrogens is 178 g/mol. The number of hydrogen-bond acceptors (Lipinski definition) is 3. The Morgan fingerprint density at radius 3 is 2.43 bits per heavy atom. The van der Waals surface area contributed by atoms with Crippen LogP contribution in [0.25, 0.3) is 0 Å². The van der Waals surface area contributed by atoms with Crippen molar-refractivity contribution in [3.8, 4) is 0 Å². The van der Waals surface area contributed by atoms with E-state index >= 15 is 0 Å². The van der Waals surface area contributed by atoms with Gasteiger partial charge in [0.05, 0.1) is 5.54 Å². The van der Waals surface area contributed by atoms with E-state index in [4.69, 9.17) is 0 Å². The summed E-state index contributed by atoms with van der Waals surface area (Å²) in [6.07, 6.45) is 3.28. The van der Waals surface area contributed by atoms with Gasteiger partial charge in [-0.2, -0.15) is 0 Å². The number of pyridine rings is 1. The van der Waals surface area contributed by atoms with E-state index < -0.39 is 5.54 Å². The summed E-state index contributed by atoms with van der Waals surface area (Å²) in [6, 6.07) is 3.51. The van der Waals surface area contributed by atoms with Crippen molar-refractivity contribution in [1.29, 1.82) is 0 Å². The molecule has 76 valence electrons. The fourth-order valence-corrected chi connectivity index (χ4v) is 0.836. The quantitative estimate of drug-likeness (QED) is 0.753. The zero-order chi connectivity index (χ0) is 10.6. The molecule has 1 aromatic rings. The lowest BCUT2D eigenvalue weighted by Crippen LogP contribution is -2.47. The molecule has 0 bridgehead atoms. The minimum atomic E-state index is -0.566. The van der Waals surface area contributed by atoms with Crippen molar-refractivity contribution in [1.82, 2.24) is 10.3 Å². The Kier molecular flexibility index (Phi) is 3.19. The van der Waals surface area contributed by atoms with E-state index in [1.165, 1.54) is 0 Å². The predicted molar refractivity (Wildman–Crippen MR) is 56.0 cm³/mol. The summed E-state index contributed by atoms with van der Waals surface area (Å²) in [4.78, 5) is 15.5. The molecule has 0 saturated carbocycles. The van der Waals surface area contributed by atoms with Crippen LogP contribution in [0.4, 0.5) is 5.69 Å². The van der Waals surface area contributed by atoms with Gasteiger partial charge in [0.25, 0.3) is 0 Å². The summed E-state index contributed by atoms with van der Waals surface area (Å²) in [5, 5.41) is 5.73. The molecule has 0 atom stereocenters. The van der Waals surface area contributed by atoms with Gasteiger partial charge in [0.15, 0.2) is 0 Å². The highest BCUT2D eigenvalue weighted by Gasteiger charge is 2.24. The molecule has 1 heterocycles. The molecule has 0 fully saturated rings. The molecule has 0 aliphatic carbocycles. The number of nitrogens with zero attached hydrogens (tertiary/aromatic N) is 1. The number of carbonyl (C=O) groups excluding carboxylic acids is 1. The molecule has 0 unspecified atom stereocenters. The van der Waals surface area contributed by atoms with Crippen molar-refractivity contribution >= 4 is 11.6 Å². The zero-order valence-corrected chi connectivity index (χ0v) is 8.66. The second kappa shape index (κ2) is 4.19. The van der Waals surface area contributed by atoms with Gasteiger partial charge in [0.1, 0.15) is 0 Å². The van der Waals surface area contributed by atoms with Crippen molar-refractivity contribution in [3.63, 3.8) is 0 Å². The van der Waals surface area contributed by atoms with Crippen LogP contribution in [-0.2, 0) is 4.79 Å². The van der Waals surface area contributed by atoms with E-state index in [1.54, 1.807) is 31.6 Å². The minimum Gasteiger partial charge on any atom is -0.324 e. The van der Waals surface area contributed by atoms with E-state index in [1.807, 2.05) is 13.8 Å². The lowest BCUT2D eigenvalue weighted by molar-refractivity contribution is -0.121. The minimum absolute atomic E-state index is 0.0637. The summed E-state index contributed by atoms with van der Waals surface area (Å²) in [5.74, 6) is -0.0637. The molecule has 2 N–H and O–H groups in total. The molecule has 0 aliphatic rings. The number of hydrogen-bond donors (Lipinski definition) is 2. The number of amides is 1. The van der Waals surface area contributed by atoms with Crippen molar-refractivity contribution < 1.29 is 4.79 Å². The molecular formula is C10H15N3O. The normalized spacial score (nSPS) is 11.1. The molecule has 0 spiro atoms. The van der Waals surface area contributed by atoms with Crippen LogP contribution in [0, 0.1) is 0 Å². The van der Waals surface area contributed by atoms with E-state index in [0.717, 1.165) is 5.69 Å². The van der Waals surface area contributed by atoms with E-state index in [9.17, 15) is 4.79 Å². The third-order valence-electron chi connectivity index (χ3n) is 2.13. The standard InChI is InChI=1S/C10H15N3O/c1-10(2,11-3)9(14)13-8-4-6-12-7-5-8/h4-7,11H,1-3H3,(H,12,13,14). The van der Waals surface area contributed by atoms with E-state index in [2.05, 4.69) is 15.6 Å². The lowest BCUT2D eigenvalue weighted by Gasteiger charge is -2.22. The van der Waals surface area contributed by atoms with Crippen LogP contribution < -0.4 is 10.6 Å². The van der Waals surface area contributed by atoms with Crippen molar-refractivity contribution in [3.05, 3.63) is 24.5 Å². The summed E-state index contributed by atoms with van der Waals surface area (Å²) >= 11 is 0. The first-order chi connectivity index (χ1) is 6.56. The summed E-state index contributed by atoms with van der Waals surface area (Å²) in [6.45, 7) is 3.65. The fourth-order valence-electron chi connectivity index (χ4n) is 0.836. The number of aromatic nitrogens is 1. The number of anilines is 1. The highest BCUT2D eigenvalue weighted by atomic mass is 16.2. The van der Waals surface area contributed by atoms with Crippen LogP contribution in [-0.4, -0.2) is 23.5 Å². The van der Waals surface area contributed by atoms with Gasteiger partial charge < -0.3 is 10.6 Å². The number of carbonyl (C=O) groups is 1. The van der Waals surface area contributed by atoms with Gasteiger partial charge in [-0.25, -0.2) is 0 Å². The molecule has 0 aromatic carbocycles. The number of likely N-dealkylation sites (N-methyl/N-ethyl adjacent to an activating group) is 1. The average Bonchev–Trinajstić information content (AvgIpc) is 2.19. The average molecular weight is 193 g/mol. The van der Waals surface area contributed by atoms with Gasteiger partial charge in [0.2, 0.25) is 5.91 Å². The maximum Gasteiger partial charge on any atom is 0.244 e. The molecule has 14 heavy (non-hydrogen) atoms. The Bertz CT molecular complexity index is 308. The number of nitrogens with one attached hydrogen (secondary N) is 2. The zero-order valence-electron chi connectivity index (χ0n) is 8.66. The van der Waals surface area contributed by atoms with Gasteiger partial charge >= 0.3 is 0 Å². The summed E-state index contributed by atoms with van der Waals surface area (Å²) in [5.41, 5.74) is 0.192. The van der Waals surface area contributed by atoms with Crippen LogP contribution >= 0.6 is 0 Å². The Morgan fingerprint density at radius 2 is 1.93 bits per heavy atom. The van der Waals surface area contributed by atoms with Crippen LogP contribution in [0.15, 0.2) is 24.5 Å². The Hall–Kier alpha value is -1.42. The van der Waals surface area contributed by atoms with Gasteiger partial charge in [0, 0.05) is 18.1 Å². The maximum atomic E-state index is 11.7. The molecule has 1 rings (SSSR count). The monoisotopic (exact) mass is 193 g/mol. The van der Waals surface area contributed by atoms with Crippen LogP contribution in [0.5, 0.6) is 0 Å². The first-order valence-electron chi connectivity index (χ1n) is 4.46. The van der Waals surface area contributed by atoms with Crippen molar-refractivity contribution in [2.75, 3.05) is 12.4 Å². The van der Waals surface area contributed by atoms with Gasteiger partial charge in [-0.05, 0) is 33.0 Å². The third-order valence-corrected chi connectivity index (χ3v) is 2.13. The van der Waals surface area contributed by atoms with Gasteiger partial charge in [-0.1, -0.05) is 0 Å². The first-order valence-corrected chi connectivity index (χ1v) is 4.46. The molecule has 4 nitrogen and oxygen atoms in total. The Balaban J connectivity index is 2.67. The molecule has 0 saturated heterocycles. The molecule has 0 aliphatic heterocycles. The van der Waals surface area contributed by atoms with E-state index in [-0.39, 0.29) is 5.91 Å². The number of rotatable bonds is 3. The highest BCUT2D eigenvalue weighted by molar-refractivity contribution is 5.97. The lowest BCUT2D eigenvalue weighted by atomic mass is 10.1. The first kappa shape index (κ1) is 10.7. The second-order valence-corrected chi connectivity index (χ2v) is 3.57. The maximum absolute atomic E-state index is 11.7. The van der Waals surface area contributed by atoms with Crippen LogP contribution in [0.2, 0.25) is 0 Å². The second-order valence-electron chi connectivity index (χ2n) is 3.57. The van der Waals surface area contributed by atoms with Gasteiger partial charge in [-0.15, -0.1) is 0 Å².